The average molecular weight is 250 g/mol. The first-order valence-corrected chi connectivity index (χ1v) is 5.35. The minimum Gasteiger partial charge on any atom is -0.311 e. The second-order valence-corrected chi connectivity index (χ2v) is 3.77. The van der Waals surface area contributed by atoms with Gasteiger partial charge in [-0.05, 0) is 17.7 Å². The molecule has 1 aromatic carbocycles. The Bertz CT molecular complexity index is 498. The van der Waals surface area contributed by atoms with Crippen LogP contribution in [0.4, 0.5) is 8.78 Å². The van der Waals surface area contributed by atoms with Crippen molar-refractivity contribution in [3.63, 3.8) is 0 Å². The Hall–Kier alpha value is -1.92. The van der Waals surface area contributed by atoms with Gasteiger partial charge < -0.3 is 5.73 Å². The minimum atomic E-state index is -0.611. The second-order valence-electron chi connectivity index (χ2n) is 3.77. The molecule has 0 aliphatic rings. The molecule has 2 rings (SSSR count). The van der Waals surface area contributed by atoms with E-state index in [1.807, 2.05) is 0 Å². The summed E-state index contributed by atoms with van der Waals surface area (Å²) >= 11 is 0. The van der Waals surface area contributed by atoms with E-state index in [1.165, 1.54) is 30.7 Å². The van der Waals surface area contributed by atoms with Crippen LogP contribution in [-0.2, 0) is 6.54 Å². The van der Waals surface area contributed by atoms with Crippen molar-refractivity contribution >= 4 is 0 Å². The Balaban J connectivity index is 1.99. The summed E-state index contributed by atoms with van der Waals surface area (Å²) in [5.74, 6) is -1.22. The molecule has 1 atom stereocenters. The van der Waals surface area contributed by atoms with Crippen LogP contribution in [-0.4, -0.2) is 9.97 Å². The molecule has 94 valence electrons. The van der Waals surface area contributed by atoms with Gasteiger partial charge in [0.15, 0.2) is 0 Å². The standard InChI is InChI=1S/C12H12F2N4/c13-9-3-8(4-10(14)5-9)6-18-12(15)11-7-16-1-2-17-11/h1-5,7,12,18H,6,15H2. The first-order chi connectivity index (χ1) is 8.65. The molecule has 1 aromatic heterocycles. The van der Waals surface area contributed by atoms with Crippen molar-refractivity contribution in [2.45, 2.75) is 12.7 Å². The number of halogens is 2. The van der Waals surface area contributed by atoms with Crippen LogP contribution < -0.4 is 11.1 Å². The van der Waals surface area contributed by atoms with Gasteiger partial charge in [0.05, 0.1) is 11.9 Å². The average Bonchev–Trinajstić information content (AvgIpc) is 2.36. The van der Waals surface area contributed by atoms with Crippen LogP contribution >= 0.6 is 0 Å². The molecule has 0 aliphatic heterocycles. The van der Waals surface area contributed by atoms with E-state index in [2.05, 4.69) is 15.3 Å². The predicted molar refractivity (Wildman–Crippen MR) is 62.2 cm³/mol. The summed E-state index contributed by atoms with van der Waals surface area (Å²) in [6.07, 6.45) is 4.06. The number of hydrogen-bond acceptors (Lipinski definition) is 4. The van der Waals surface area contributed by atoms with Crippen LogP contribution in [0.15, 0.2) is 36.8 Å². The van der Waals surface area contributed by atoms with Crippen LogP contribution in [0.2, 0.25) is 0 Å². The lowest BCUT2D eigenvalue weighted by Crippen LogP contribution is -2.29. The molecule has 0 amide bonds. The van der Waals surface area contributed by atoms with Gasteiger partial charge in [-0.25, -0.2) is 8.78 Å². The molecule has 18 heavy (non-hydrogen) atoms. The highest BCUT2D eigenvalue weighted by atomic mass is 19.1. The number of rotatable bonds is 4. The van der Waals surface area contributed by atoms with Gasteiger partial charge in [0, 0.05) is 25.0 Å². The Kier molecular flexibility index (Phi) is 3.91. The highest BCUT2D eigenvalue weighted by Gasteiger charge is 2.07. The summed E-state index contributed by atoms with van der Waals surface area (Å²) in [4.78, 5) is 7.91. The van der Waals surface area contributed by atoms with Crippen molar-refractivity contribution < 1.29 is 8.78 Å². The third-order valence-electron chi connectivity index (χ3n) is 2.35. The van der Waals surface area contributed by atoms with Crippen LogP contribution in [0.5, 0.6) is 0 Å². The molecule has 0 spiro atoms. The Morgan fingerprint density at radius 2 is 1.89 bits per heavy atom. The molecule has 0 bridgehead atoms. The van der Waals surface area contributed by atoms with E-state index in [-0.39, 0.29) is 6.54 Å². The summed E-state index contributed by atoms with van der Waals surface area (Å²) < 4.78 is 25.9. The molecule has 0 saturated heterocycles. The van der Waals surface area contributed by atoms with Gasteiger partial charge in [0.1, 0.15) is 17.8 Å². The van der Waals surface area contributed by atoms with E-state index < -0.39 is 17.8 Å². The van der Waals surface area contributed by atoms with Gasteiger partial charge in [-0.1, -0.05) is 0 Å². The number of benzene rings is 1. The summed E-state index contributed by atoms with van der Waals surface area (Å²) in [5, 5.41) is 2.91. The smallest absolute Gasteiger partial charge is 0.126 e. The van der Waals surface area contributed by atoms with E-state index in [0.29, 0.717) is 11.3 Å². The normalized spacial score (nSPS) is 12.4. The predicted octanol–water partition coefficient (Wildman–Crippen LogP) is 1.50. The number of nitrogens with zero attached hydrogens (tertiary/aromatic N) is 2. The Morgan fingerprint density at radius 1 is 1.17 bits per heavy atom. The first-order valence-electron chi connectivity index (χ1n) is 5.35. The lowest BCUT2D eigenvalue weighted by Gasteiger charge is -2.12. The van der Waals surface area contributed by atoms with E-state index in [1.54, 1.807) is 0 Å². The Morgan fingerprint density at radius 3 is 2.50 bits per heavy atom. The molecule has 1 heterocycles. The maximum Gasteiger partial charge on any atom is 0.126 e. The summed E-state index contributed by atoms with van der Waals surface area (Å²) in [6.45, 7) is 0.242. The van der Waals surface area contributed by atoms with Crippen LogP contribution in [0.3, 0.4) is 0 Å². The molecule has 0 radical (unpaired) electrons. The molecular weight excluding hydrogens is 238 g/mol. The fourth-order valence-corrected chi connectivity index (χ4v) is 1.52. The van der Waals surface area contributed by atoms with Crippen molar-refractivity contribution in [2.24, 2.45) is 5.73 Å². The van der Waals surface area contributed by atoms with E-state index >= 15 is 0 Å². The zero-order chi connectivity index (χ0) is 13.0. The van der Waals surface area contributed by atoms with E-state index in [9.17, 15) is 8.78 Å². The summed E-state index contributed by atoms with van der Waals surface area (Å²) in [6, 6.07) is 3.32. The number of nitrogens with two attached hydrogens (primary N) is 1. The fourth-order valence-electron chi connectivity index (χ4n) is 1.52. The Labute approximate surface area is 103 Å². The van der Waals surface area contributed by atoms with Gasteiger partial charge in [-0.3, -0.25) is 15.3 Å². The maximum absolute atomic E-state index is 13.0. The number of hydrogen-bond donors (Lipinski definition) is 2. The monoisotopic (exact) mass is 250 g/mol. The summed E-state index contributed by atoms with van der Waals surface area (Å²) in [7, 11) is 0. The number of aromatic nitrogens is 2. The zero-order valence-corrected chi connectivity index (χ0v) is 9.48. The van der Waals surface area contributed by atoms with Gasteiger partial charge in [0.2, 0.25) is 0 Å². The van der Waals surface area contributed by atoms with Gasteiger partial charge >= 0.3 is 0 Å². The minimum absolute atomic E-state index is 0.242. The van der Waals surface area contributed by atoms with Crippen molar-refractivity contribution in [1.29, 1.82) is 0 Å². The molecule has 0 saturated carbocycles. The van der Waals surface area contributed by atoms with Crippen LogP contribution in [0, 0.1) is 11.6 Å². The molecule has 1 unspecified atom stereocenters. The zero-order valence-electron chi connectivity index (χ0n) is 9.48. The van der Waals surface area contributed by atoms with Crippen LogP contribution in [0.1, 0.15) is 17.4 Å². The maximum atomic E-state index is 13.0. The quantitative estimate of drug-likeness (QED) is 0.807. The van der Waals surface area contributed by atoms with E-state index in [0.717, 1.165) is 6.07 Å². The molecular formula is C12H12F2N4. The third-order valence-corrected chi connectivity index (χ3v) is 2.35. The van der Waals surface area contributed by atoms with Crippen molar-refractivity contribution in [3.8, 4) is 0 Å². The third kappa shape index (κ3) is 3.28. The van der Waals surface area contributed by atoms with Gasteiger partial charge in [-0.15, -0.1) is 0 Å². The molecule has 0 fully saturated rings. The van der Waals surface area contributed by atoms with Crippen molar-refractivity contribution in [1.82, 2.24) is 15.3 Å². The molecule has 0 aliphatic carbocycles. The van der Waals surface area contributed by atoms with Gasteiger partial charge in [0.25, 0.3) is 0 Å². The lowest BCUT2D eigenvalue weighted by molar-refractivity contribution is 0.528. The topological polar surface area (TPSA) is 63.8 Å². The van der Waals surface area contributed by atoms with E-state index in [4.69, 9.17) is 5.73 Å². The van der Waals surface area contributed by atoms with Crippen molar-refractivity contribution in [3.05, 3.63) is 59.7 Å². The first kappa shape index (κ1) is 12.5. The fraction of sp³-hybridized carbons (Fsp3) is 0.167. The lowest BCUT2D eigenvalue weighted by atomic mass is 10.2. The molecule has 6 heteroatoms. The second kappa shape index (κ2) is 5.61. The highest BCUT2D eigenvalue weighted by molar-refractivity contribution is 5.18. The largest absolute Gasteiger partial charge is 0.311 e. The van der Waals surface area contributed by atoms with Crippen molar-refractivity contribution in [2.75, 3.05) is 0 Å². The highest BCUT2D eigenvalue weighted by Crippen LogP contribution is 2.09. The molecule has 4 nitrogen and oxygen atoms in total. The molecule has 3 N–H and O–H groups in total. The SMILES string of the molecule is NC(NCc1cc(F)cc(F)c1)c1cnccn1. The number of nitrogens with one attached hydrogen (secondary N) is 1. The van der Waals surface area contributed by atoms with Gasteiger partial charge in [-0.2, -0.15) is 0 Å². The van der Waals surface area contributed by atoms with Crippen LogP contribution in [0.25, 0.3) is 0 Å². The molecule has 2 aromatic rings. The summed E-state index contributed by atoms with van der Waals surface area (Å²) in [5.41, 5.74) is 6.86.